The van der Waals surface area contributed by atoms with Crippen molar-refractivity contribution in [3.8, 4) is 0 Å². The minimum Gasteiger partial charge on any atom is -0.303 e. The molecule has 0 saturated heterocycles. The lowest BCUT2D eigenvalue weighted by Crippen LogP contribution is -2.34. The fraction of sp³-hybridized carbons (Fsp3) is 0.667. The number of hydrogen-bond donors (Lipinski definition) is 1. The van der Waals surface area contributed by atoms with Crippen LogP contribution in [0.4, 0.5) is 0 Å². The first-order chi connectivity index (χ1) is 7.99. The molecule has 1 rings (SSSR count). The highest BCUT2D eigenvalue weighted by Gasteiger charge is 2.17. The van der Waals surface area contributed by atoms with Gasteiger partial charge in [0.1, 0.15) is 0 Å². The SMILES string of the molecule is CCN(CC)CCNS(=O)(=O)c1cnc(Cl)s1. The van der Waals surface area contributed by atoms with Crippen LogP contribution in [-0.2, 0) is 10.0 Å². The number of sulfonamides is 1. The van der Waals surface area contributed by atoms with Crippen LogP contribution in [-0.4, -0.2) is 44.5 Å². The van der Waals surface area contributed by atoms with Gasteiger partial charge in [0, 0.05) is 13.1 Å². The summed E-state index contributed by atoms with van der Waals surface area (Å²) in [5.41, 5.74) is 0. The highest BCUT2D eigenvalue weighted by atomic mass is 35.5. The van der Waals surface area contributed by atoms with Crippen molar-refractivity contribution in [3.63, 3.8) is 0 Å². The molecule has 0 unspecified atom stereocenters. The quantitative estimate of drug-likeness (QED) is 0.827. The predicted molar refractivity (Wildman–Crippen MR) is 70.1 cm³/mol. The first kappa shape index (κ1) is 14.8. The summed E-state index contributed by atoms with van der Waals surface area (Å²) in [5, 5.41) is 0. The van der Waals surface area contributed by atoms with Gasteiger partial charge in [-0.2, -0.15) is 0 Å². The number of likely N-dealkylation sites (N-methyl/N-ethyl adjacent to an activating group) is 1. The van der Waals surface area contributed by atoms with Crippen LogP contribution >= 0.6 is 22.9 Å². The number of aromatic nitrogens is 1. The van der Waals surface area contributed by atoms with Gasteiger partial charge in [-0.1, -0.05) is 36.8 Å². The number of rotatable bonds is 7. The van der Waals surface area contributed by atoms with E-state index in [1.165, 1.54) is 6.20 Å². The molecule has 98 valence electrons. The highest BCUT2D eigenvalue weighted by Crippen LogP contribution is 2.21. The topological polar surface area (TPSA) is 62.3 Å². The van der Waals surface area contributed by atoms with E-state index in [0.29, 0.717) is 13.1 Å². The second-order valence-corrected chi connectivity index (χ2v) is 6.96. The number of hydrogen-bond acceptors (Lipinski definition) is 5. The number of thiazole rings is 1. The van der Waals surface area contributed by atoms with Crippen LogP contribution in [0.5, 0.6) is 0 Å². The van der Waals surface area contributed by atoms with E-state index in [1.54, 1.807) is 0 Å². The van der Waals surface area contributed by atoms with Crippen molar-refractivity contribution in [1.82, 2.24) is 14.6 Å². The number of nitrogens with one attached hydrogen (secondary N) is 1. The molecule has 8 heteroatoms. The van der Waals surface area contributed by atoms with Gasteiger partial charge < -0.3 is 4.90 Å². The van der Waals surface area contributed by atoms with Gasteiger partial charge in [-0.05, 0) is 13.1 Å². The maximum absolute atomic E-state index is 11.8. The minimum atomic E-state index is -3.46. The van der Waals surface area contributed by atoms with E-state index in [9.17, 15) is 8.42 Å². The van der Waals surface area contributed by atoms with Gasteiger partial charge in [-0.3, -0.25) is 0 Å². The Kier molecular flexibility index (Phi) is 5.81. The molecule has 1 N–H and O–H groups in total. The van der Waals surface area contributed by atoms with Crippen molar-refractivity contribution in [2.75, 3.05) is 26.2 Å². The molecule has 0 aromatic carbocycles. The normalized spacial score (nSPS) is 12.2. The van der Waals surface area contributed by atoms with Crippen molar-refractivity contribution < 1.29 is 8.42 Å². The van der Waals surface area contributed by atoms with E-state index in [4.69, 9.17) is 11.6 Å². The summed E-state index contributed by atoms with van der Waals surface area (Å²) < 4.78 is 26.5. The molecule has 0 amide bonds. The second kappa shape index (κ2) is 6.65. The summed E-state index contributed by atoms with van der Waals surface area (Å²) in [7, 11) is -3.46. The maximum atomic E-state index is 11.8. The monoisotopic (exact) mass is 297 g/mol. The molecule has 5 nitrogen and oxygen atoms in total. The molecule has 0 aliphatic carbocycles. The third-order valence-corrected chi connectivity index (χ3v) is 5.37. The minimum absolute atomic E-state index is 0.155. The van der Waals surface area contributed by atoms with Gasteiger partial charge in [0.05, 0.1) is 6.20 Å². The Bertz CT molecular complexity index is 443. The lowest BCUT2D eigenvalue weighted by molar-refractivity contribution is 0.309. The van der Waals surface area contributed by atoms with Crippen molar-refractivity contribution in [1.29, 1.82) is 0 Å². The molecule has 1 aromatic rings. The first-order valence-corrected chi connectivity index (χ1v) is 8.00. The average molecular weight is 298 g/mol. The van der Waals surface area contributed by atoms with Crippen LogP contribution in [0, 0.1) is 0 Å². The third-order valence-electron chi connectivity index (χ3n) is 2.34. The molecular weight excluding hydrogens is 282 g/mol. The van der Waals surface area contributed by atoms with E-state index in [1.807, 2.05) is 13.8 Å². The summed E-state index contributed by atoms with van der Waals surface area (Å²) in [6.07, 6.45) is 1.27. The standard InChI is InChI=1S/C9H16ClN3O2S2/c1-3-13(4-2)6-5-12-17(14,15)8-7-11-9(10)16-8/h7,12H,3-6H2,1-2H3. The van der Waals surface area contributed by atoms with Gasteiger partial charge in [-0.25, -0.2) is 18.1 Å². The van der Waals surface area contributed by atoms with Crippen LogP contribution in [0.3, 0.4) is 0 Å². The van der Waals surface area contributed by atoms with Crippen LogP contribution in [0.25, 0.3) is 0 Å². The summed E-state index contributed by atoms with van der Waals surface area (Å²) in [6, 6.07) is 0. The lowest BCUT2D eigenvalue weighted by Gasteiger charge is -2.17. The van der Waals surface area contributed by atoms with E-state index in [2.05, 4.69) is 14.6 Å². The molecule has 0 spiro atoms. The van der Waals surface area contributed by atoms with Crippen molar-refractivity contribution >= 4 is 33.0 Å². The van der Waals surface area contributed by atoms with Crippen molar-refractivity contribution in [2.24, 2.45) is 0 Å². The largest absolute Gasteiger partial charge is 0.303 e. The van der Waals surface area contributed by atoms with Gasteiger partial charge >= 0.3 is 0 Å². The predicted octanol–water partition coefficient (Wildman–Crippen LogP) is 1.42. The molecule has 0 fully saturated rings. The van der Waals surface area contributed by atoms with E-state index >= 15 is 0 Å². The highest BCUT2D eigenvalue weighted by molar-refractivity contribution is 7.91. The van der Waals surface area contributed by atoms with Crippen LogP contribution in [0.15, 0.2) is 10.4 Å². The van der Waals surface area contributed by atoms with Crippen molar-refractivity contribution in [3.05, 3.63) is 10.7 Å². The van der Waals surface area contributed by atoms with Crippen LogP contribution < -0.4 is 4.72 Å². The average Bonchev–Trinajstić information content (AvgIpc) is 2.72. The zero-order chi connectivity index (χ0) is 12.9. The smallest absolute Gasteiger partial charge is 0.251 e. The van der Waals surface area contributed by atoms with Gasteiger partial charge in [0.15, 0.2) is 8.68 Å². The summed E-state index contributed by atoms with van der Waals surface area (Å²) in [5.74, 6) is 0. The Hall–Kier alpha value is -0.210. The molecule has 0 atom stereocenters. The van der Waals surface area contributed by atoms with Gasteiger partial charge in [-0.15, -0.1) is 0 Å². The molecule has 0 aliphatic rings. The molecular formula is C9H16ClN3O2S2. The number of halogens is 1. The Labute approximate surface area is 111 Å². The molecule has 17 heavy (non-hydrogen) atoms. The fourth-order valence-electron chi connectivity index (χ4n) is 1.31. The Morgan fingerprint density at radius 1 is 1.47 bits per heavy atom. The Morgan fingerprint density at radius 2 is 2.12 bits per heavy atom. The van der Waals surface area contributed by atoms with Crippen LogP contribution in [0.2, 0.25) is 4.47 Å². The fourth-order valence-corrected chi connectivity index (χ4v) is 3.67. The zero-order valence-electron chi connectivity index (χ0n) is 9.81. The molecule has 1 aromatic heterocycles. The Balaban J connectivity index is 2.51. The summed E-state index contributed by atoms with van der Waals surface area (Å²) in [6.45, 7) is 6.98. The lowest BCUT2D eigenvalue weighted by atomic mass is 10.5. The summed E-state index contributed by atoms with van der Waals surface area (Å²) >= 11 is 6.56. The second-order valence-electron chi connectivity index (χ2n) is 3.36. The first-order valence-electron chi connectivity index (χ1n) is 5.33. The maximum Gasteiger partial charge on any atom is 0.251 e. The van der Waals surface area contributed by atoms with Crippen LogP contribution in [0.1, 0.15) is 13.8 Å². The zero-order valence-corrected chi connectivity index (χ0v) is 12.2. The van der Waals surface area contributed by atoms with Gasteiger partial charge in [0.2, 0.25) is 0 Å². The molecule has 0 saturated carbocycles. The van der Waals surface area contributed by atoms with E-state index in [-0.39, 0.29) is 8.68 Å². The van der Waals surface area contributed by atoms with Crippen molar-refractivity contribution in [2.45, 2.75) is 18.1 Å². The Morgan fingerprint density at radius 3 is 2.59 bits per heavy atom. The molecule has 0 radical (unpaired) electrons. The van der Waals surface area contributed by atoms with E-state index < -0.39 is 10.0 Å². The van der Waals surface area contributed by atoms with Gasteiger partial charge in [0.25, 0.3) is 10.0 Å². The molecule has 0 bridgehead atoms. The third kappa shape index (κ3) is 4.51. The molecule has 1 heterocycles. The molecule has 0 aliphatic heterocycles. The summed E-state index contributed by atoms with van der Waals surface area (Å²) in [4.78, 5) is 5.85. The van der Waals surface area contributed by atoms with E-state index in [0.717, 1.165) is 24.4 Å². The number of nitrogens with zero attached hydrogens (tertiary/aromatic N) is 2.